The fourth-order valence-corrected chi connectivity index (χ4v) is 2.36. The summed E-state index contributed by atoms with van der Waals surface area (Å²) in [5.41, 5.74) is 9.93. The quantitative estimate of drug-likeness (QED) is 0.742. The second-order valence-corrected chi connectivity index (χ2v) is 4.85. The fourth-order valence-electron chi connectivity index (χ4n) is 2.36. The van der Waals surface area contributed by atoms with Crippen LogP contribution in [0, 0.1) is 13.8 Å². The first kappa shape index (κ1) is 12.4. The highest BCUT2D eigenvalue weighted by Gasteiger charge is 2.08. The summed E-state index contributed by atoms with van der Waals surface area (Å²) in [6.07, 6.45) is 5.44. The molecular weight excluding hydrogens is 248 g/mol. The van der Waals surface area contributed by atoms with Gasteiger partial charge in [0.25, 0.3) is 0 Å². The van der Waals surface area contributed by atoms with E-state index in [4.69, 9.17) is 5.73 Å². The minimum Gasteiger partial charge on any atom is -0.396 e. The number of hydrogen-bond donors (Lipinski definition) is 2. The van der Waals surface area contributed by atoms with Crippen molar-refractivity contribution in [3.05, 3.63) is 54.0 Å². The predicted molar refractivity (Wildman–Crippen MR) is 83.1 cm³/mol. The van der Waals surface area contributed by atoms with Gasteiger partial charge in [0.15, 0.2) is 5.82 Å². The van der Waals surface area contributed by atoms with Gasteiger partial charge in [0.2, 0.25) is 0 Å². The highest BCUT2D eigenvalue weighted by atomic mass is 15.0. The number of aryl methyl sites for hydroxylation is 2. The Bertz CT molecular complexity index is 781. The van der Waals surface area contributed by atoms with Gasteiger partial charge < -0.3 is 11.1 Å². The van der Waals surface area contributed by atoms with Gasteiger partial charge in [-0.15, -0.1) is 0 Å². The minimum absolute atomic E-state index is 0.638. The number of nitrogens with one attached hydrogen (secondary N) is 1. The van der Waals surface area contributed by atoms with Crippen LogP contribution in [-0.4, -0.2) is 9.97 Å². The van der Waals surface area contributed by atoms with Crippen molar-refractivity contribution in [2.45, 2.75) is 13.8 Å². The third-order valence-electron chi connectivity index (χ3n) is 3.51. The van der Waals surface area contributed by atoms with Crippen LogP contribution < -0.4 is 11.1 Å². The van der Waals surface area contributed by atoms with Crippen LogP contribution in [0.5, 0.6) is 0 Å². The first-order chi connectivity index (χ1) is 9.66. The largest absolute Gasteiger partial charge is 0.396 e. The monoisotopic (exact) mass is 264 g/mol. The highest BCUT2D eigenvalue weighted by Crippen LogP contribution is 2.30. The van der Waals surface area contributed by atoms with Crippen LogP contribution >= 0.6 is 0 Å². The van der Waals surface area contributed by atoms with Crippen LogP contribution in [0.15, 0.2) is 42.9 Å². The van der Waals surface area contributed by atoms with Crippen LogP contribution in [-0.2, 0) is 0 Å². The molecule has 0 aliphatic rings. The van der Waals surface area contributed by atoms with Gasteiger partial charge in [-0.1, -0.05) is 0 Å². The van der Waals surface area contributed by atoms with Crippen molar-refractivity contribution in [1.29, 1.82) is 0 Å². The number of fused-ring (bicyclic) bond motifs is 1. The molecule has 0 fully saturated rings. The SMILES string of the molecule is Cc1cc(Nc2ncccc2N)c(C)c2ccncc12. The van der Waals surface area contributed by atoms with E-state index in [-0.39, 0.29) is 0 Å². The van der Waals surface area contributed by atoms with Gasteiger partial charge >= 0.3 is 0 Å². The van der Waals surface area contributed by atoms with E-state index in [1.807, 2.05) is 30.6 Å². The van der Waals surface area contributed by atoms with Crippen molar-refractivity contribution in [3.63, 3.8) is 0 Å². The maximum atomic E-state index is 5.93. The summed E-state index contributed by atoms with van der Waals surface area (Å²) < 4.78 is 0. The Balaban J connectivity index is 2.13. The second kappa shape index (κ2) is 4.81. The summed E-state index contributed by atoms with van der Waals surface area (Å²) in [5.74, 6) is 0.684. The highest BCUT2D eigenvalue weighted by molar-refractivity contribution is 5.93. The molecule has 0 radical (unpaired) electrons. The van der Waals surface area contributed by atoms with E-state index in [0.717, 1.165) is 11.3 Å². The van der Waals surface area contributed by atoms with Gasteiger partial charge in [-0.05, 0) is 54.6 Å². The number of nitrogens with two attached hydrogens (primary N) is 1. The van der Waals surface area contributed by atoms with E-state index in [0.29, 0.717) is 11.5 Å². The predicted octanol–water partition coefficient (Wildman–Crippen LogP) is 3.57. The minimum atomic E-state index is 0.638. The van der Waals surface area contributed by atoms with Crippen LogP contribution in [0.3, 0.4) is 0 Å². The number of nitrogen functional groups attached to an aromatic ring is 1. The average Bonchev–Trinajstić information content (AvgIpc) is 2.47. The van der Waals surface area contributed by atoms with Gasteiger partial charge in [0.05, 0.1) is 5.69 Å². The number of benzene rings is 1. The molecular formula is C16H16N4. The Morgan fingerprint density at radius 1 is 1.10 bits per heavy atom. The molecule has 4 nitrogen and oxygen atoms in total. The van der Waals surface area contributed by atoms with Gasteiger partial charge in [-0.25, -0.2) is 4.98 Å². The molecule has 0 aliphatic carbocycles. The molecule has 3 N–H and O–H groups in total. The number of nitrogens with zero attached hydrogens (tertiary/aromatic N) is 2. The third kappa shape index (κ3) is 2.05. The van der Waals surface area contributed by atoms with Crippen molar-refractivity contribution in [3.8, 4) is 0 Å². The molecule has 1 aromatic carbocycles. The Morgan fingerprint density at radius 3 is 2.75 bits per heavy atom. The van der Waals surface area contributed by atoms with Crippen molar-refractivity contribution in [1.82, 2.24) is 9.97 Å². The topological polar surface area (TPSA) is 63.8 Å². The molecule has 0 atom stereocenters. The van der Waals surface area contributed by atoms with Crippen LogP contribution in [0.1, 0.15) is 11.1 Å². The molecule has 2 aromatic heterocycles. The first-order valence-corrected chi connectivity index (χ1v) is 6.48. The molecule has 0 saturated heterocycles. The Labute approximate surface area is 117 Å². The Kier molecular flexibility index (Phi) is 2.99. The molecule has 4 heteroatoms. The fraction of sp³-hybridized carbons (Fsp3) is 0.125. The van der Waals surface area contributed by atoms with Gasteiger partial charge in [-0.3, -0.25) is 4.98 Å². The van der Waals surface area contributed by atoms with E-state index in [9.17, 15) is 0 Å². The van der Waals surface area contributed by atoms with Crippen LogP contribution in [0.25, 0.3) is 10.8 Å². The zero-order chi connectivity index (χ0) is 14.1. The van der Waals surface area contributed by atoms with Crippen molar-refractivity contribution in [2.24, 2.45) is 0 Å². The summed E-state index contributed by atoms with van der Waals surface area (Å²) in [7, 11) is 0. The molecule has 2 heterocycles. The number of hydrogen-bond acceptors (Lipinski definition) is 4. The molecule has 0 unspecified atom stereocenters. The lowest BCUT2D eigenvalue weighted by atomic mass is 10.0. The number of pyridine rings is 2. The molecule has 0 amide bonds. The summed E-state index contributed by atoms with van der Waals surface area (Å²) >= 11 is 0. The zero-order valence-electron chi connectivity index (χ0n) is 11.5. The van der Waals surface area contributed by atoms with Gasteiger partial charge in [-0.2, -0.15) is 0 Å². The van der Waals surface area contributed by atoms with E-state index in [1.165, 1.54) is 16.3 Å². The second-order valence-electron chi connectivity index (χ2n) is 4.85. The van der Waals surface area contributed by atoms with Crippen LogP contribution in [0.4, 0.5) is 17.2 Å². The Hall–Kier alpha value is -2.62. The molecule has 0 spiro atoms. The number of aromatic nitrogens is 2. The summed E-state index contributed by atoms with van der Waals surface area (Å²) in [6, 6.07) is 7.80. The first-order valence-electron chi connectivity index (χ1n) is 6.48. The number of rotatable bonds is 2. The number of anilines is 3. The Morgan fingerprint density at radius 2 is 1.95 bits per heavy atom. The van der Waals surface area contributed by atoms with Crippen molar-refractivity contribution >= 4 is 28.0 Å². The molecule has 0 aliphatic heterocycles. The van der Waals surface area contributed by atoms with Crippen LogP contribution in [0.2, 0.25) is 0 Å². The van der Waals surface area contributed by atoms with E-state index < -0.39 is 0 Å². The summed E-state index contributed by atoms with van der Waals surface area (Å²) in [6.45, 7) is 4.17. The molecule has 0 bridgehead atoms. The third-order valence-corrected chi connectivity index (χ3v) is 3.51. The van der Waals surface area contributed by atoms with Gasteiger partial charge in [0, 0.05) is 29.7 Å². The molecule has 0 saturated carbocycles. The van der Waals surface area contributed by atoms with E-state index in [2.05, 4.69) is 35.2 Å². The molecule has 100 valence electrons. The zero-order valence-corrected chi connectivity index (χ0v) is 11.5. The van der Waals surface area contributed by atoms with Crippen molar-refractivity contribution in [2.75, 3.05) is 11.1 Å². The summed E-state index contributed by atoms with van der Waals surface area (Å²) in [5, 5.41) is 5.68. The normalized spacial score (nSPS) is 10.7. The molecule has 3 aromatic rings. The maximum Gasteiger partial charge on any atom is 0.153 e. The summed E-state index contributed by atoms with van der Waals surface area (Å²) in [4.78, 5) is 8.47. The van der Waals surface area contributed by atoms with Gasteiger partial charge in [0.1, 0.15) is 0 Å². The smallest absolute Gasteiger partial charge is 0.153 e. The lowest BCUT2D eigenvalue weighted by Gasteiger charge is -2.14. The average molecular weight is 264 g/mol. The molecule has 20 heavy (non-hydrogen) atoms. The van der Waals surface area contributed by atoms with E-state index in [1.54, 1.807) is 6.20 Å². The van der Waals surface area contributed by atoms with E-state index >= 15 is 0 Å². The lowest BCUT2D eigenvalue weighted by molar-refractivity contribution is 1.29. The lowest BCUT2D eigenvalue weighted by Crippen LogP contribution is -2.01. The maximum absolute atomic E-state index is 5.93. The molecule has 3 rings (SSSR count). The standard InChI is InChI=1S/C16H16N4/c1-10-8-15(20-16-14(17)4-3-6-19-16)11(2)12-5-7-18-9-13(10)12/h3-9H,17H2,1-2H3,(H,19,20). The van der Waals surface area contributed by atoms with Crippen molar-refractivity contribution < 1.29 is 0 Å².